The maximum Gasteiger partial charge on any atom is 0.252 e. The number of hydrogen-bond donors (Lipinski definition) is 2. The topological polar surface area (TPSA) is 55.1 Å². The van der Waals surface area contributed by atoms with E-state index >= 15 is 0 Å². The average Bonchev–Trinajstić information content (AvgIpc) is 2.41. The fourth-order valence-electron chi connectivity index (χ4n) is 2.14. The summed E-state index contributed by atoms with van der Waals surface area (Å²) in [6.45, 7) is 4.01. The molecule has 4 heteroatoms. The maximum atomic E-state index is 12.3. The van der Waals surface area contributed by atoms with E-state index in [-0.39, 0.29) is 11.9 Å². The van der Waals surface area contributed by atoms with Crippen LogP contribution in [0.1, 0.15) is 34.5 Å². The third kappa shape index (κ3) is 3.20. The Kier molecular flexibility index (Phi) is 4.45. The van der Waals surface area contributed by atoms with Crippen molar-refractivity contribution in [3.05, 3.63) is 63.6 Å². The molecule has 0 radical (unpaired) electrons. The molecule has 0 bridgehead atoms. The highest BCUT2D eigenvalue weighted by Crippen LogP contribution is 2.22. The predicted molar refractivity (Wildman–Crippen MR) is 85.6 cm³/mol. The van der Waals surface area contributed by atoms with Gasteiger partial charge in [0.15, 0.2) is 0 Å². The number of nitrogens with one attached hydrogen (secondary N) is 1. The summed E-state index contributed by atoms with van der Waals surface area (Å²) in [5.74, 6) is -0.139. The Hall–Kier alpha value is -1.81. The summed E-state index contributed by atoms with van der Waals surface area (Å²) in [7, 11) is 0. The zero-order valence-electron chi connectivity index (χ0n) is 11.5. The van der Waals surface area contributed by atoms with E-state index < -0.39 is 0 Å². The first kappa shape index (κ1) is 14.6. The van der Waals surface area contributed by atoms with Crippen LogP contribution in [0.2, 0.25) is 0 Å². The number of hydrogen-bond acceptors (Lipinski definition) is 2. The van der Waals surface area contributed by atoms with Crippen molar-refractivity contribution in [2.45, 2.75) is 19.9 Å². The van der Waals surface area contributed by atoms with Gasteiger partial charge in [0, 0.05) is 10.2 Å². The minimum absolute atomic E-state index is 0.0583. The summed E-state index contributed by atoms with van der Waals surface area (Å²) >= 11 is 3.38. The van der Waals surface area contributed by atoms with E-state index in [4.69, 9.17) is 5.73 Å². The fourth-order valence-corrected chi connectivity index (χ4v) is 2.57. The van der Waals surface area contributed by atoms with Crippen LogP contribution in [0.3, 0.4) is 0 Å². The molecule has 2 aromatic rings. The second kappa shape index (κ2) is 6.09. The lowest BCUT2D eigenvalue weighted by molar-refractivity contribution is 0.0939. The molecule has 0 aliphatic heterocycles. The van der Waals surface area contributed by atoms with E-state index in [0.717, 1.165) is 15.6 Å². The number of rotatable bonds is 3. The number of nitrogen functional groups attached to an aromatic ring is 1. The van der Waals surface area contributed by atoms with Gasteiger partial charge in [-0.2, -0.15) is 0 Å². The van der Waals surface area contributed by atoms with Crippen LogP contribution < -0.4 is 11.1 Å². The van der Waals surface area contributed by atoms with Crippen LogP contribution in [-0.2, 0) is 0 Å². The van der Waals surface area contributed by atoms with E-state index in [1.165, 1.54) is 0 Å². The molecule has 0 aromatic heterocycles. The Balaban J connectivity index is 2.20. The molecule has 0 saturated carbocycles. The van der Waals surface area contributed by atoms with Gasteiger partial charge < -0.3 is 11.1 Å². The van der Waals surface area contributed by atoms with Crippen LogP contribution in [0.15, 0.2) is 46.9 Å². The summed E-state index contributed by atoms with van der Waals surface area (Å²) < 4.78 is 0.737. The van der Waals surface area contributed by atoms with Crippen molar-refractivity contribution in [2.75, 3.05) is 5.73 Å². The van der Waals surface area contributed by atoms with Gasteiger partial charge in [-0.15, -0.1) is 0 Å². The number of nitrogens with two attached hydrogens (primary N) is 1. The van der Waals surface area contributed by atoms with Crippen LogP contribution in [0.4, 0.5) is 5.69 Å². The zero-order valence-corrected chi connectivity index (χ0v) is 13.1. The number of benzene rings is 2. The molecule has 0 heterocycles. The van der Waals surface area contributed by atoms with E-state index in [9.17, 15) is 4.79 Å². The first-order chi connectivity index (χ1) is 9.49. The molecule has 1 atom stereocenters. The Bertz CT molecular complexity index is 640. The molecule has 1 amide bonds. The van der Waals surface area contributed by atoms with Crippen LogP contribution in [-0.4, -0.2) is 5.91 Å². The average molecular weight is 333 g/mol. The van der Waals surface area contributed by atoms with E-state index in [2.05, 4.69) is 21.2 Å². The van der Waals surface area contributed by atoms with E-state index in [1.807, 2.05) is 38.1 Å². The molecule has 3 nitrogen and oxygen atoms in total. The maximum absolute atomic E-state index is 12.3. The van der Waals surface area contributed by atoms with Gasteiger partial charge in [0.2, 0.25) is 0 Å². The molecule has 0 fully saturated rings. The Morgan fingerprint density at radius 2 is 1.95 bits per heavy atom. The molecule has 2 rings (SSSR count). The second-order valence-electron chi connectivity index (χ2n) is 4.79. The third-order valence-corrected chi connectivity index (χ3v) is 3.93. The van der Waals surface area contributed by atoms with Crippen molar-refractivity contribution >= 4 is 27.5 Å². The first-order valence-corrected chi connectivity index (χ1v) is 7.19. The van der Waals surface area contributed by atoms with Crippen molar-refractivity contribution in [3.63, 3.8) is 0 Å². The monoisotopic (exact) mass is 332 g/mol. The lowest BCUT2D eigenvalue weighted by Gasteiger charge is -2.17. The van der Waals surface area contributed by atoms with E-state index in [1.54, 1.807) is 18.2 Å². The molecule has 104 valence electrons. The second-order valence-corrected chi connectivity index (χ2v) is 5.65. The van der Waals surface area contributed by atoms with Gasteiger partial charge in [0.1, 0.15) is 0 Å². The van der Waals surface area contributed by atoms with Gasteiger partial charge in [0.25, 0.3) is 5.91 Å². The van der Waals surface area contributed by atoms with Gasteiger partial charge >= 0.3 is 0 Å². The number of carbonyl (C=O) groups excluding carboxylic acids is 1. The lowest BCUT2D eigenvalue weighted by atomic mass is 10.0. The number of halogens is 1. The highest BCUT2D eigenvalue weighted by Gasteiger charge is 2.15. The van der Waals surface area contributed by atoms with Crippen molar-refractivity contribution in [1.29, 1.82) is 0 Å². The summed E-state index contributed by atoms with van der Waals surface area (Å²) in [5.41, 5.74) is 9.12. The van der Waals surface area contributed by atoms with Gasteiger partial charge in [0.05, 0.1) is 11.6 Å². The number of anilines is 1. The van der Waals surface area contributed by atoms with Crippen LogP contribution in [0.5, 0.6) is 0 Å². The lowest BCUT2D eigenvalue weighted by Crippen LogP contribution is -2.27. The summed E-state index contributed by atoms with van der Waals surface area (Å²) in [4.78, 5) is 12.3. The molecule has 2 aromatic carbocycles. The van der Waals surface area contributed by atoms with Crippen LogP contribution in [0.25, 0.3) is 0 Å². The predicted octanol–water partition coefficient (Wildman–Crippen LogP) is 3.83. The summed E-state index contributed by atoms with van der Waals surface area (Å²) in [6, 6.07) is 13.2. The molecule has 0 spiro atoms. The Morgan fingerprint density at radius 3 is 2.65 bits per heavy atom. The Labute approximate surface area is 127 Å². The van der Waals surface area contributed by atoms with E-state index in [0.29, 0.717) is 11.3 Å². The summed E-state index contributed by atoms with van der Waals surface area (Å²) in [5, 5.41) is 3.00. The molecule has 0 unspecified atom stereocenters. The number of amides is 1. The molecule has 0 aliphatic rings. The van der Waals surface area contributed by atoms with Gasteiger partial charge in [-0.05, 0) is 59.1 Å². The smallest absolute Gasteiger partial charge is 0.252 e. The fraction of sp³-hybridized carbons (Fsp3) is 0.188. The zero-order chi connectivity index (χ0) is 14.7. The quantitative estimate of drug-likeness (QED) is 0.839. The molecule has 3 N–H and O–H groups in total. The van der Waals surface area contributed by atoms with Crippen molar-refractivity contribution in [2.24, 2.45) is 0 Å². The van der Waals surface area contributed by atoms with Gasteiger partial charge in [-0.25, -0.2) is 0 Å². The largest absolute Gasteiger partial charge is 0.399 e. The minimum Gasteiger partial charge on any atom is -0.399 e. The van der Waals surface area contributed by atoms with Crippen molar-refractivity contribution in [1.82, 2.24) is 5.32 Å². The van der Waals surface area contributed by atoms with Crippen molar-refractivity contribution in [3.8, 4) is 0 Å². The van der Waals surface area contributed by atoms with Crippen LogP contribution >= 0.6 is 15.9 Å². The molecular formula is C16H17BrN2O. The minimum atomic E-state index is -0.139. The third-order valence-electron chi connectivity index (χ3n) is 3.24. The highest BCUT2D eigenvalue weighted by atomic mass is 79.9. The van der Waals surface area contributed by atoms with Gasteiger partial charge in [-0.3, -0.25) is 4.79 Å². The normalized spacial score (nSPS) is 11.9. The molecule has 20 heavy (non-hydrogen) atoms. The van der Waals surface area contributed by atoms with Crippen LogP contribution in [0, 0.1) is 6.92 Å². The molecule has 0 saturated heterocycles. The highest BCUT2D eigenvalue weighted by molar-refractivity contribution is 9.10. The SMILES string of the molecule is Cc1ccccc1[C@@H](C)NC(=O)c1cc(N)ccc1Br. The molecular weight excluding hydrogens is 316 g/mol. The van der Waals surface area contributed by atoms with Crippen molar-refractivity contribution < 1.29 is 4.79 Å². The number of carbonyl (C=O) groups is 1. The van der Waals surface area contributed by atoms with Gasteiger partial charge in [-0.1, -0.05) is 24.3 Å². The Morgan fingerprint density at radius 1 is 1.25 bits per heavy atom. The number of aryl methyl sites for hydroxylation is 1. The standard InChI is InChI=1S/C16H17BrN2O/c1-10-5-3-4-6-13(10)11(2)19-16(20)14-9-12(18)7-8-15(14)17/h3-9,11H,18H2,1-2H3,(H,19,20)/t11-/m1/s1. The first-order valence-electron chi connectivity index (χ1n) is 6.40. The summed E-state index contributed by atoms with van der Waals surface area (Å²) in [6.07, 6.45) is 0. The molecule has 0 aliphatic carbocycles.